The molecule has 3 aromatic rings. The summed E-state index contributed by atoms with van der Waals surface area (Å²) in [5, 5.41) is 0. The predicted octanol–water partition coefficient (Wildman–Crippen LogP) is 6.52. The van der Waals surface area contributed by atoms with Crippen molar-refractivity contribution in [1.29, 1.82) is 0 Å². The summed E-state index contributed by atoms with van der Waals surface area (Å²) in [7, 11) is 4.01. The SMILES string of the molecule is CCOC(=O)C[C@H](CC(=O)C(CC(C)C)n1ccc(CCN(C)C)cc1=O)c1cccc(-c2c(C)cccc2C)c1. The molecule has 220 valence electrons. The van der Waals surface area contributed by atoms with E-state index in [-0.39, 0.29) is 48.6 Å². The quantitative estimate of drug-likeness (QED) is 0.211. The number of benzene rings is 2. The van der Waals surface area contributed by atoms with Gasteiger partial charge in [0.1, 0.15) is 0 Å². The van der Waals surface area contributed by atoms with E-state index in [1.54, 1.807) is 23.8 Å². The Balaban J connectivity index is 1.97. The van der Waals surface area contributed by atoms with Gasteiger partial charge in [0.25, 0.3) is 5.56 Å². The number of esters is 1. The molecular weight excluding hydrogens is 512 g/mol. The standard InChI is InChI=1S/C35H46N2O4/c1-8-41-34(40)23-30(28-13-10-14-29(21-28)35-25(4)11-9-12-26(35)5)22-32(38)31(19-24(2)3)37-18-16-27(20-33(37)39)15-17-36(6)7/h9-14,16,18,20-21,24,30-31H,8,15,17,19,22-23H2,1-7H3/t30-,31?/m0/s1. The first-order chi connectivity index (χ1) is 19.5. The highest BCUT2D eigenvalue weighted by Gasteiger charge is 2.28. The molecule has 2 atom stereocenters. The third-order valence-electron chi connectivity index (χ3n) is 7.56. The van der Waals surface area contributed by atoms with Crippen LogP contribution in [0.15, 0.2) is 65.6 Å². The van der Waals surface area contributed by atoms with Crippen LogP contribution >= 0.6 is 0 Å². The lowest BCUT2D eigenvalue weighted by molar-refractivity contribution is -0.143. The lowest BCUT2D eigenvalue weighted by Gasteiger charge is -2.24. The fourth-order valence-corrected chi connectivity index (χ4v) is 5.47. The number of nitrogens with zero attached hydrogens (tertiary/aromatic N) is 2. The summed E-state index contributed by atoms with van der Waals surface area (Å²) in [6, 6.07) is 17.4. The monoisotopic (exact) mass is 558 g/mol. The van der Waals surface area contributed by atoms with E-state index >= 15 is 0 Å². The zero-order chi connectivity index (χ0) is 30.1. The summed E-state index contributed by atoms with van der Waals surface area (Å²) in [6.45, 7) is 11.2. The predicted molar refractivity (Wildman–Crippen MR) is 166 cm³/mol. The summed E-state index contributed by atoms with van der Waals surface area (Å²) < 4.78 is 6.88. The molecule has 2 aromatic carbocycles. The Morgan fingerprint density at radius 2 is 1.63 bits per heavy atom. The van der Waals surface area contributed by atoms with Crippen molar-refractivity contribution >= 4 is 11.8 Å². The number of aromatic nitrogens is 1. The van der Waals surface area contributed by atoms with Gasteiger partial charge in [0.15, 0.2) is 5.78 Å². The third-order valence-corrected chi connectivity index (χ3v) is 7.56. The molecule has 6 nitrogen and oxygen atoms in total. The van der Waals surface area contributed by atoms with Gasteiger partial charge in [-0.05, 0) is 93.1 Å². The summed E-state index contributed by atoms with van der Waals surface area (Å²) >= 11 is 0. The van der Waals surface area contributed by atoms with E-state index in [1.807, 2.05) is 38.4 Å². The number of hydrogen-bond donors (Lipinski definition) is 0. The van der Waals surface area contributed by atoms with Gasteiger partial charge in [-0.1, -0.05) is 56.3 Å². The molecule has 6 heteroatoms. The molecule has 0 aliphatic heterocycles. The Morgan fingerprint density at radius 3 is 2.24 bits per heavy atom. The Hall–Kier alpha value is -3.51. The van der Waals surface area contributed by atoms with Gasteiger partial charge in [0.2, 0.25) is 0 Å². The first kappa shape index (κ1) is 32.0. The Labute approximate surface area is 245 Å². The van der Waals surface area contributed by atoms with Crippen LogP contribution in [-0.2, 0) is 20.7 Å². The maximum Gasteiger partial charge on any atom is 0.306 e. The molecule has 0 saturated heterocycles. The molecule has 1 heterocycles. The minimum atomic E-state index is -0.600. The molecule has 0 amide bonds. The van der Waals surface area contributed by atoms with Gasteiger partial charge in [-0.2, -0.15) is 0 Å². The van der Waals surface area contributed by atoms with Crippen LogP contribution in [0.1, 0.15) is 74.2 Å². The van der Waals surface area contributed by atoms with E-state index in [1.165, 1.54) is 11.1 Å². The Kier molecular flexibility index (Phi) is 11.7. The third kappa shape index (κ3) is 8.99. The molecule has 0 saturated carbocycles. The molecule has 0 spiro atoms. The second-order valence-corrected chi connectivity index (χ2v) is 11.7. The number of ketones is 1. The van der Waals surface area contributed by atoms with Gasteiger partial charge in [-0.25, -0.2) is 0 Å². The van der Waals surface area contributed by atoms with Crippen molar-refractivity contribution in [2.24, 2.45) is 5.92 Å². The maximum absolute atomic E-state index is 14.0. The van der Waals surface area contributed by atoms with Crippen LogP contribution in [0.2, 0.25) is 0 Å². The number of rotatable bonds is 14. The average molecular weight is 559 g/mol. The minimum Gasteiger partial charge on any atom is -0.466 e. The van der Waals surface area contributed by atoms with Crippen molar-refractivity contribution in [3.8, 4) is 11.1 Å². The topological polar surface area (TPSA) is 68.6 Å². The Bertz CT molecular complexity index is 1370. The largest absolute Gasteiger partial charge is 0.466 e. The molecule has 0 radical (unpaired) electrons. The molecule has 0 aliphatic carbocycles. The highest BCUT2D eigenvalue weighted by molar-refractivity contribution is 5.84. The summed E-state index contributed by atoms with van der Waals surface area (Å²) in [6.07, 6.45) is 3.32. The van der Waals surface area contributed by atoms with Crippen LogP contribution in [-0.4, -0.2) is 48.5 Å². The van der Waals surface area contributed by atoms with Crippen molar-refractivity contribution in [1.82, 2.24) is 9.47 Å². The van der Waals surface area contributed by atoms with E-state index < -0.39 is 6.04 Å². The molecule has 0 fully saturated rings. The van der Waals surface area contributed by atoms with E-state index in [0.29, 0.717) is 6.42 Å². The first-order valence-electron chi connectivity index (χ1n) is 14.7. The Morgan fingerprint density at radius 1 is 0.951 bits per heavy atom. The highest BCUT2D eigenvalue weighted by atomic mass is 16.5. The molecule has 3 rings (SSSR count). The molecular formula is C35H46N2O4. The van der Waals surface area contributed by atoms with Crippen LogP contribution in [0.5, 0.6) is 0 Å². The lowest BCUT2D eigenvalue weighted by Crippen LogP contribution is -2.31. The smallest absolute Gasteiger partial charge is 0.306 e. The lowest BCUT2D eigenvalue weighted by atomic mass is 9.85. The van der Waals surface area contributed by atoms with Crippen LogP contribution in [0.4, 0.5) is 0 Å². The van der Waals surface area contributed by atoms with Crippen molar-refractivity contribution in [3.05, 3.63) is 93.4 Å². The van der Waals surface area contributed by atoms with Gasteiger partial charge >= 0.3 is 5.97 Å². The van der Waals surface area contributed by atoms with E-state index in [2.05, 4.69) is 56.9 Å². The number of pyridine rings is 1. The second kappa shape index (κ2) is 14.9. The van der Waals surface area contributed by atoms with E-state index in [4.69, 9.17) is 4.74 Å². The highest BCUT2D eigenvalue weighted by Crippen LogP contribution is 2.33. The van der Waals surface area contributed by atoms with Crippen LogP contribution in [0.3, 0.4) is 0 Å². The van der Waals surface area contributed by atoms with E-state index in [9.17, 15) is 14.4 Å². The minimum absolute atomic E-state index is 0.0476. The molecule has 0 N–H and O–H groups in total. The van der Waals surface area contributed by atoms with Crippen LogP contribution in [0, 0.1) is 19.8 Å². The normalized spacial score (nSPS) is 12.9. The zero-order valence-corrected chi connectivity index (χ0v) is 25.8. The average Bonchev–Trinajstić information content (AvgIpc) is 2.90. The molecule has 41 heavy (non-hydrogen) atoms. The van der Waals surface area contributed by atoms with Gasteiger partial charge in [0, 0.05) is 31.1 Å². The molecule has 0 aliphatic rings. The molecule has 0 bridgehead atoms. The zero-order valence-electron chi connectivity index (χ0n) is 25.8. The van der Waals surface area contributed by atoms with Gasteiger partial charge in [-0.15, -0.1) is 0 Å². The fraction of sp³-hybridized carbons (Fsp3) is 0.457. The van der Waals surface area contributed by atoms with Crippen molar-refractivity contribution in [3.63, 3.8) is 0 Å². The summed E-state index contributed by atoms with van der Waals surface area (Å²) in [4.78, 5) is 42.0. The van der Waals surface area contributed by atoms with Crippen molar-refractivity contribution < 1.29 is 14.3 Å². The number of hydrogen-bond acceptors (Lipinski definition) is 5. The number of carbonyl (C=O) groups excluding carboxylic acids is 2. The summed E-state index contributed by atoms with van der Waals surface area (Å²) in [5.41, 5.74) is 6.27. The van der Waals surface area contributed by atoms with Crippen LogP contribution in [0.25, 0.3) is 11.1 Å². The van der Waals surface area contributed by atoms with Gasteiger partial charge in [0.05, 0.1) is 19.1 Å². The molecule has 1 unspecified atom stereocenters. The first-order valence-corrected chi connectivity index (χ1v) is 14.7. The van der Waals surface area contributed by atoms with Crippen molar-refractivity contribution in [2.75, 3.05) is 27.2 Å². The van der Waals surface area contributed by atoms with Crippen LogP contribution < -0.4 is 5.56 Å². The number of ether oxygens (including phenoxy) is 1. The maximum atomic E-state index is 14.0. The number of Topliss-reactive ketones (excluding diaryl/α,β-unsaturated/α-hetero) is 1. The number of aryl methyl sites for hydroxylation is 2. The second-order valence-electron chi connectivity index (χ2n) is 11.7. The van der Waals surface area contributed by atoms with Crippen molar-refractivity contribution in [2.45, 2.75) is 72.3 Å². The fourth-order valence-electron chi connectivity index (χ4n) is 5.47. The van der Waals surface area contributed by atoms with E-state index in [0.717, 1.165) is 35.2 Å². The molecule has 1 aromatic heterocycles. The van der Waals surface area contributed by atoms with Gasteiger partial charge < -0.3 is 14.2 Å². The number of likely N-dealkylation sites (N-methyl/N-ethyl adjacent to an activating group) is 1. The van der Waals surface area contributed by atoms with Gasteiger partial charge in [-0.3, -0.25) is 14.4 Å². The number of carbonyl (C=O) groups is 2. The summed E-state index contributed by atoms with van der Waals surface area (Å²) in [5.74, 6) is -0.533.